The van der Waals surface area contributed by atoms with Gasteiger partial charge in [0.15, 0.2) is 0 Å². The fraction of sp³-hybridized carbons (Fsp3) is 0.250. The Balaban J connectivity index is 0.00000208. The van der Waals surface area contributed by atoms with Crippen LogP contribution in [-0.2, 0) is 0 Å². The molecule has 1 aromatic heterocycles. The Hall–Kier alpha value is -2.67. The van der Waals surface area contributed by atoms with Crippen molar-refractivity contribution >= 4 is 29.7 Å². The molecule has 1 amide bonds. The molecule has 0 saturated carbocycles. The van der Waals surface area contributed by atoms with Crippen molar-refractivity contribution in [3.8, 4) is 5.75 Å². The molecule has 7 nitrogen and oxygen atoms in total. The second-order valence-corrected chi connectivity index (χ2v) is 5.90. The summed E-state index contributed by atoms with van der Waals surface area (Å²) in [6, 6.07) is 7.59. The molecule has 3 rings (SSSR count). The monoisotopic (exact) mass is 349 g/mol. The number of amides is 1. The van der Waals surface area contributed by atoms with Crippen LogP contribution in [0.1, 0.15) is 24.2 Å². The number of ether oxygens (including phenoxy) is 1. The Kier molecular flexibility index (Phi) is 4.75. The number of carbonyl (C=O) groups excluding carboxylic acids is 1. The molecule has 0 saturated heterocycles. The average molecular weight is 350 g/mol. The predicted molar refractivity (Wildman–Crippen MR) is 91.0 cm³/mol. The lowest BCUT2D eigenvalue weighted by molar-refractivity contribution is -0.384. The molecule has 2 heterocycles. The number of non-ortho nitro benzene ring substituents is 1. The highest BCUT2D eigenvalue weighted by molar-refractivity contribution is 6.07. The van der Waals surface area contributed by atoms with Crippen molar-refractivity contribution in [1.82, 2.24) is 4.98 Å². The Morgan fingerprint density at radius 3 is 2.75 bits per heavy atom. The van der Waals surface area contributed by atoms with Crippen LogP contribution < -0.4 is 9.64 Å². The molecule has 1 aliphatic heterocycles. The van der Waals surface area contributed by atoms with Gasteiger partial charge in [-0.15, -0.1) is 12.4 Å². The van der Waals surface area contributed by atoms with Crippen LogP contribution in [0.2, 0.25) is 0 Å². The van der Waals surface area contributed by atoms with Gasteiger partial charge in [0.05, 0.1) is 22.7 Å². The molecule has 8 heteroatoms. The Labute approximate surface area is 144 Å². The first-order valence-electron chi connectivity index (χ1n) is 7.07. The summed E-state index contributed by atoms with van der Waals surface area (Å²) in [5.74, 6) is 0.181. The number of aromatic nitrogens is 1. The standard InChI is InChI=1S/C16H15N3O4.ClH/c1-16(2)10-18(15(20)11-4-3-7-17-9-11)13-8-12(19(21)22)5-6-14(13)23-16;/h3-9H,10H2,1-2H3;1H. The molecular formula is C16H16ClN3O4. The molecule has 24 heavy (non-hydrogen) atoms. The second-order valence-electron chi connectivity index (χ2n) is 5.90. The third kappa shape index (κ3) is 3.30. The summed E-state index contributed by atoms with van der Waals surface area (Å²) < 4.78 is 5.84. The summed E-state index contributed by atoms with van der Waals surface area (Å²) >= 11 is 0. The Morgan fingerprint density at radius 1 is 1.38 bits per heavy atom. The Bertz CT molecular complexity index is 780. The number of rotatable bonds is 2. The summed E-state index contributed by atoms with van der Waals surface area (Å²) in [4.78, 5) is 28.8. The fourth-order valence-electron chi connectivity index (χ4n) is 2.54. The van der Waals surface area contributed by atoms with E-state index in [0.717, 1.165) is 0 Å². The number of halogens is 1. The van der Waals surface area contributed by atoms with E-state index in [0.29, 0.717) is 17.0 Å². The summed E-state index contributed by atoms with van der Waals surface area (Å²) in [5, 5.41) is 11.0. The maximum Gasteiger partial charge on any atom is 0.271 e. The average Bonchev–Trinajstić information content (AvgIpc) is 2.53. The zero-order valence-electron chi connectivity index (χ0n) is 13.1. The van der Waals surface area contributed by atoms with Gasteiger partial charge in [-0.2, -0.15) is 0 Å². The molecular weight excluding hydrogens is 334 g/mol. The van der Waals surface area contributed by atoms with Gasteiger partial charge in [0.25, 0.3) is 11.6 Å². The van der Waals surface area contributed by atoms with Crippen molar-refractivity contribution < 1.29 is 14.5 Å². The third-order valence-corrected chi connectivity index (χ3v) is 3.52. The van der Waals surface area contributed by atoms with Crippen LogP contribution in [0.5, 0.6) is 5.75 Å². The molecule has 0 radical (unpaired) electrons. The van der Waals surface area contributed by atoms with Gasteiger partial charge in [-0.3, -0.25) is 19.9 Å². The van der Waals surface area contributed by atoms with Crippen molar-refractivity contribution in [3.05, 3.63) is 58.4 Å². The lowest BCUT2D eigenvalue weighted by atomic mass is 10.0. The summed E-state index contributed by atoms with van der Waals surface area (Å²) in [7, 11) is 0. The first-order chi connectivity index (χ1) is 10.9. The molecule has 2 aromatic rings. The number of hydrogen-bond donors (Lipinski definition) is 0. The minimum Gasteiger partial charge on any atom is -0.484 e. The van der Waals surface area contributed by atoms with Gasteiger partial charge in [-0.1, -0.05) is 0 Å². The number of pyridine rings is 1. The van der Waals surface area contributed by atoms with Crippen molar-refractivity contribution in [2.45, 2.75) is 19.4 Å². The van der Waals surface area contributed by atoms with E-state index in [2.05, 4.69) is 4.98 Å². The maximum absolute atomic E-state index is 12.8. The van der Waals surface area contributed by atoms with Gasteiger partial charge in [-0.05, 0) is 32.0 Å². The first kappa shape index (κ1) is 17.7. The van der Waals surface area contributed by atoms with E-state index in [4.69, 9.17) is 4.74 Å². The lowest BCUT2D eigenvalue weighted by Crippen LogP contribution is -2.49. The molecule has 0 atom stereocenters. The van der Waals surface area contributed by atoms with Gasteiger partial charge in [0, 0.05) is 24.5 Å². The highest BCUT2D eigenvalue weighted by Gasteiger charge is 2.36. The van der Waals surface area contributed by atoms with Gasteiger partial charge in [0.2, 0.25) is 0 Å². The fourth-order valence-corrected chi connectivity index (χ4v) is 2.54. The number of benzene rings is 1. The smallest absolute Gasteiger partial charge is 0.271 e. The Morgan fingerprint density at radius 2 is 2.12 bits per heavy atom. The van der Waals surface area contributed by atoms with Crippen molar-refractivity contribution in [3.63, 3.8) is 0 Å². The number of nitro benzene ring substituents is 1. The zero-order valence-corrected chi connectivity index (χ0v) is 13.9. The molecule has 0 spiro atoms. The number of nitrogens with zero attached hydrogens (tertiary/aromatic N) is 3. The third-order valence-electron chi connectivity index (χ3n) is 3.52. The summed E-state index contributed by atoms with van der Waals surface area (Å²) in [6.45, 7) is 4.01. The second kappa shape index (κ2) is 6.45. The summed E-state index contributed by atoms with van der Waals surface area (Å²) in [6.07, 6.45) is 3.06. The molecule has 0 aliphatic carbocycles. The molecule has 126 valence electrons. The molecule has 0 unspecified atom stereocenters. The quantitative estimate of drug-likeness (QED) is 0.613. The van der Waals surface area contributed by atoms with Crippen LogP contribution in [-0.4, -0.2) is 28.0 Å². The van der Waals surface area contributed by atoms with E-state index in [9.17, 15) is 14.9 Å². The van der Waals surface area contributed by atoms with Crippen molar-refractivity contribution in [1.29, 1.82) is 0 Å². The highest BCUT2D eigenvalue weighted by Crippen LogP contribution is 2.39. The van der Waals surface area contributed by atoms with E-state index >= 15 is 0 Å². The minimum absolute atomic E-state index is 0. The van der Waals surface area contributed by atoms with E-state index < -0.39 is 10.5 Å². The number of fused-ring (bicyclic) bond motifs is 1. The lowest BCUT2D eigenvalue weighted by Gasteiger charge is -2.39. The van der Waals surface area contributed by atoms with Crippen LogP contribution in [0.3, 0.4) is 0 Å². The summed E-state index contributed by atoms with van der Waals surface area (Å²) in [5.41, 5.74) is 0.132. The molecule has 1 aliphatic rings. The number of anilines is 1. The zero-order chi connectivity index (χ0) is 16.6. The van der Waals surface area contributed by atoms with Crippen LogP contribution >= 0.6 is 12.4 Å². The van der Waals surface area contributed by atoms with E-state index in [1.54, 1.807) is 18.3 Å². The van der Waals surface area contributed by atoms with Crippen LogP contribution in [0.25, 0.3) is 0 Å². The topological polar surface area (TPSA) is 85.6 Å². The van der Waals surface area contributed by atoms with Crippen molar-refractivity contribution in [2.24, 2.45) is 0 Å². The molecule has 0 bridgehead atoms. The van der Waals surface area contributed by atoms with Gasteiger partial charge in [0.1, 0.15) is 11.4 Å². The molecule has 0 fully saturated rings. The van der Waals surface area contributed by atoms with Crippen LogP contribution in [0, 0.1) is 10.1 Å². The molecule has 0 N–H and O–H groups in total. The van der Waals surface area contributed by atoms with Gasteiger partial charge in [-0.25, -0.2) is 0 Å². The van der Waals surface area contributed by atoms with E-state index in [1.807, 2.05) is 13.8 Å². The SMILES string of the molecule is CC1(C)CN(C(=O)c2cccnc2)c2cc([N+](=O)[O-])ccc2O1.Cl. The largest absolute Gasteiger partial charge is 0.484 e. The highest BCUT2D eigenvalue weighted by atomic mass is 35.5. The minimum atomic E-state index is -0.596. The normalized spacial score (nSPS) is 14.8. The first-order valence-corrected chi connectivity index (χ1v) is 7.07. The predicted octanol–water partition coefficient (Wildman–Crippen LogP) is 3.23. The maximum atomic E-state index is 12.8. The van der Waals surface area contributed by atoms with E-state index in [1.165, 1.54) is 29.3 Å². The number of carbonyl (C=O) groups is 1. The number of nitro groups is 1. The van der Waals surface area contributed by atoms with Gasteiger partial charge >= 0.3 is 0 Å². The molecule has 1 aromatic carbocycles. The number of hydrogen-bond acceptors (Lipinski definition) is 5. The van der Waals surface area contributed by atoms with Crippen molar-refractivity contribution in [2.75, 3.05) is 11.4 Å². The van der Waals surface area contributed by atoms with E-state index in [-0.39, 0.29) is 30.5 Å². The van der Waals surface area contributed by atoms with Crippen LogP contribution in [0.4, 0.5) is 11.4 Å². The van der Waals surface area contributed by atoms with Gasteiger partial charge < -0.3 is 9.64 Å². The van der Waals surface area contributed by atoms with Crippen LogP contribution in [0.15, 0.2) is 42.7 Å².